The molecular weight excluding hydrogens is 244 g/mol. The second-order valence-corrected chi connectivity index (χ2v) is 6.08. The van der Waals surface area contributed by atoms with Crippen LogP contribution >= 0.6 is 0 Å². The Morgan fingerprint density at radius 2 is 1.58 bits per heavy atom. The van der Waals surface area contributed by atoms with E-state index in [2.05, 4.69) is 13.8 Å². The Balaban J connectivity index is 1.60. The first-order valence-electron chi connectivity index (χ1n) is 7.93. The van der Waals surface area contributed by atoms with Gasteiger partial charge in [-0.25, -0.2) is 0 Å². The van der Waals surface area contributed by atoms with Gasteiger partial charge in [-0.05, 0) is 25.2 Å². The Morgan fingerprint density at radius 1 is 0.947 bits per heavy atom. The van der Waals surface area contributed by atoms with Gasteiger partial charge in [0, 0.05) is 19.3 Å². The van der Waals surface area contributed by atoms with Gasteiger partial charge in [0.1, 0.15) is 0 Å². The monoisotopic (exact) mass is 272 g/mol. The molecule has 0 aromatic rings. The van der Waals surface area contributed by atoms with Gasteiger partial charge in [-0.15, -0.1) is 0 Å². The molecule has 0 N–H and O–H groups in total. The lowest BCUT2D eigenvalue weighted by atomic mass is 9.86. The van der Waals surface area contributed by atoms with Gasteiger partial charge in [0.25, 0.3) is 0 Å². The highest BCUT2D eigenvalue weighted by atomic mass is 17.4. The summed E-state index contributed by atoms with van der Waals surface area (Å²) in [7, 11) is 0. The molecule has 1 heterocycles. The molecule has 2 fully saturated rings. The van der Waals surface area contributed by atoms with Crippen molar-refractivity contribution in [1.29, 1.82) is 0 Å². The molecule has 2 rings (SSSR count). The molecule has 0 radical (unpaired) electrons. The molecule has 0 unspecified atom stereocenters. The van der Waals surface area contributed by atoms with Crippen LogP contribution in [0.25, 0.3) is 0 Å². The molecule has 2 aliphatic rings. The maximum atomic E-state index is 5.50. The van der Waals surface area contributed by atoms with Crippen molar-refractivity contribution in [2.45, 2.75) is 90.1 Å². The van der Waals surface area contributed by atoms with Gasteiger partial charge in [-0.2, -0.15) is 19.6 Å². The molecule has 4 heteroatoms. The first-order valence-corrected chi connectivity index (χ1v) is 7.93. The van der Waals surface area contributed by atoms with Crippen molar-refractivity contribution < 1.29 is 19.6 Å². The first kappa shape index (κ1) is 15.2. The molecule has 1 saturated carbocycles. The third kappa shape index (κ3) is 4.71. The van der Waals surface area contributed by atoms with Crippen LogP contribution in [0.4, 0.5) is 0 Å². The van der Waals surface area contributed by atoms with Gasteiger partial charge in [0.15, 0.2) is 0 Å². The largest absolute Gasteiger partial charge is 0.234 e. The highest BCUT2D eigenvalue weighted by Gasteiger charge is 2.43. The van der Waals surface area contributed by atoms with E-state index in [4.69, 9.17) is 19.6 Å². The van der Waals surface area contributed by atoms with Gasteiger partial charge < -0.3 is 0 Å². The Bertz CT molecular complexity index is 239. The van der Waals surface area contributed by atoms with E-state index in [1.54, 1.807) is 0 Å². The second kappa shape index (κ2) is 7.58. The normalized spacial score (nSPS) is 35.7. The summed E-state index contributed by atoms with van der Waals surface area (Å²) >= 11 is 0. The van der Waals surface area contributed by atoms with Crippen LogP contribution < -0.4 is 0 Å². The standard InChI is InChI=1S/C15H28O4/c1-3-4-5-6-7-8-14-16-18-15(19-17-14)11-9-13(2)10-12-15/h13-14H,3-12H2,1-2H3. The molecule has 0 atom stereocenters. The van der Waals surface area contributed by atoms with Crippen LogP contribution in [0.3, 0.4) is 0 Å². The van der Waals surface area contributed by atoms with Gasteiger partial charge in [0.2, 0.25) is 12.1 Å². The van der Waals surface area contributed by atoms with E-state index in [1.807, 2.05) is 0 Å². The molecule has 0 amide bonds. The molecule has 0 bridgehead atoms. The smallest absolute Gasteiger partial charge is 0.198 e. The maximum absolute atomic E-state index is 5.50. The minimum atomic E-state index is -0.634. The zero-order valence-corrected chi connectivity index (χ0v) is 12.4. The molecule has 0 aromatic heterocycles. The zero-order valence-electron chi connectivity index (χ0n) is 12.4. The van der Waals surface area contributed by atoms with E-state index in [9.17, 15) is 0 Å². The molecule has 19 heavy (non-hydrogen) atoms. The lowest BCUT2D eigenvalue weighted by Gasteiger charge is -2.40. The predicted molar refractivity (Wildman–Crippen MR) is 71.9 cm³/mol. The number of rotatable bonds is 6. The first-order chi connectivity index (χ1) is 9.24. The van der Waals surface area contributed by atoms with E-state index in [1.165, 1.54) is 25.7 Å². The van der Waals surface area contributed by atoms with Gasteiger partial charge >= 0.3 is 0 Å². The van der Waals surface area contributed by atoms with Crippen LogP contribution in [-0.4, -0.2) is 12.1 Å². The zero-order chi connectivity index (χ0) is 13.6. The van der Waals surface area contributed by atoms with Crippen LogP contribution in [0.15, 0.2) is 0 Å². The van der Waals surface area contributed by atoms with Crippen molar-refractivity contribution >= 4 is 0 Å². The van der Waals surface area contributed by atoms with E-state index >= 15 is 0 Å². The fourth-order valence-electron chi connectivity index (χ4n) is 2.69. The Hall–Kier alpha value is -0.160. The summed E-state index contributed by atoms with van der Waals surface area (Å²) in [5.74, 6) is 0.111. The molecule has 1 saturated heterocycles. The fourth-order valence-corrected chi connectivity index (χ4v) is 2.69. The van der Waals surface area contributed by atoms with Crippen LogP contribution in [0, 0.1) is 5.92 Å². The molecule has 1 spiro atoms. The number of unbranched alkanes of at least 4 members (excludes halogenated alkanes) is 4. The fraction of sp³-hybridized carbons (Fsp3) is 1.00. The quantitative estimate of drug-likeness (QED) is 0.527. The molecule has 1 aliphatic carbocycles. The summed E-state index contributed by atoms with van der Waals surface area (Å²) in [5, 5.41) is 0. The van der Waals surface area contributed by atoms with E-state index in [0.29, 0.717) is 0 Å². The molecule has 112 valence electrons. The van der Waals surface area contributed by atoms with Crippen LogP contribution in [0.1, 0.15) is 78.1 Å². The summed E-state index contributed by atoms with van der Waals surface area (Å²) in [6.07, 6.45) is 10.6. The maximum Gasteiger partial charge on any atom is 0.234 e. The third-order valence-corrected chi connectivity index (χ3v) is 4.19. The van der Waals surface area contributed by atoms with E-state index in [-0.39, 0.29) is 6.29 Å². The van der Waals surface area contributed by atoms with Gasteiger partial charge in [0.05, 0.1) is 0 Å². The summed E-state index contributed by atoms with van der Waals surface area (Å²) in [4.78, 5) is 21.7. The van der Waals surface area contributed by atoms with Crippen molar-refractivity contribution in [2.24, 2.45) is 5.92 Å². The highest BCUT2D eigenvalue weighted by molar-refractivity contribution is 4.77. The third-order valence-electron chi connectivity index (χ3n) is 4.19. The summed E-state index contributed by atoms with van der Waals surface area (Å²) in [5.41, 5.74) is 0. The molecule has 0 aromatic carbocycles. The van der Waals surface area contributed by atoms with Crippen LogP contribution in [0.5, 0.6) is 0 Å². The lowest BCUT2D eigenvalue weighted by Crippen LogP contribution is -2.46. The highest BCUT2D eigenvalue weighted by Crippen LogP contribution is 2.39. The molecule has 4 nitrogen and oxygen atoms in total. The average molecular weight is 272 g/mol. The van der Waals surface area contributed by atoms with Crippen molar-refractivity contribution in [3.05, 3.63) is 0 Å². The summed E-state index contributed by atoms with van der Waals surface area (Å²) in [6, 6.07) is 0. The predicted octanol–water partition coefficient (Wildman–Crippen LogP) is 4.49. The Labute approximate surface area is 116 Å². The van der Waals surface area contributed by atoms with Crippen LogP contribution in [0.2, 0.25) is 0 Å². The van der Waals surface area contributed by atoms with Crippen LogP contribution in [-0.2, 0) is 19.6 Å². The molecule has 1 aliphatic heterocycles. The minimum absolute atomic E-state index is 0.355. The van der Waals surface area contributed by atoms with Crippen molar-refractivity contribution in [3.63, 3.8) is 0 Å². The minimum Gasteiger partial charge on any atom is -0.198 e. The van der Waals surface area contributed by atoms with E-state index in [0.717, 1.165) is 44.4 Å². The lowest BCUT2D eigenvalue weighted by molar-refractivity contribution is -0.629. The summed E-state index contributed by atoms with van der Waals surface area (Å²) < 4.78 is 0. The Kier molecular flexibility index (Phi) is 6.07. The average Bonchev–Trinajstić information content (AvgIpc) is 2.44. The van der Waals surface area contributed by atoms with Crippen molar-refractivity contribution in [2.75, 3.05) is 0 Å². The molecular formula is C15H28O4. The van der Waals surface area contributed by atoms with Crippen molar-refractivity contribution in [3.8, 4) is 0 Å². The van der Waals surface area contributed by atoms with E-state index < -0.39 is 5.79 Å². The second-order valence-electron chi connectivity index (χ2n) is 6.08. The van der Waals surface area contributed by atoms with Gasteiger partial charge in [-0.1, -0.05) is 39.5 Å². The topological polar surface area (TPSA) is 36.9 Å². The van der Waals surface area contributed by atoms with Crippen molar-refractivity contribution in [1.82, 2.24) is 0 Å². The SMILES string of the molecule is CCCCCCCC1OOC2(CCC(C)CC2)OO1. The number of hydrogen-bond acceptors (Lipinski definition) is 4. The number of hydrogen-bond donors (Lipinski definition) is 0. The van der Waals surface area contributed by atoms with Gasteiger partial charge in [-0.3, -0.25) is 0 Å². The Morgan fingerprint density at radius 3 is 2.21 bits per heavy atom. The summed E-state index contributed by atoms with van der Waals surface area (Å²) in [6.45, 7) is 4.48.